The maximum atomic E-state index is 5.72. The third kappa shape index (κ3) is 2.05. The summed E-state index contributed by atoms with van der Waals surface area (Å²) in [5.41, 5.74) is 5.92. The van der Waals surface area contributed by atoms with E-state index in [0.29, 0.717) is 0 Å². The maximum Gasteiger partial charge on any atom is 0.109 e. The van der Waals surface area contributed by atoms with E-state index >= 15 is 0 Å². The molecule has 1 aromatic heterocycles. The zero-order chi connectivity index (χ0) is 9.35. The minimum absolute atomic E-state index is 0.0612. The predicted molar refractivity (Wildman–Crippen MR) is 53.4 cm³/mol. The molecule has 0 aliphatic heterocycles. The Morgan fingerprint density at radius 1 is 1.50 bits per heavy atom. The summed E-state index contributed by atoms with van der Waals surface area (Å²) >= 11 is 1.71. The third-order valence-electron chi connectivity index (χ3n) is 1.65. The molecule has 1 heterocycles. The van der Waals surface area contributed by atoms with Crippen LogP contribution in [0.15, 0.2) is 6.20 Å². The van der Waals surface area contributed by atoms with Crippen molar-refractivity contribution in [3.05, 3.63) is 16.1 Å². The highest BCUT2D eigenvalue weighted by atomic mass is 32.1. The molecule has 1 aromatic rings. The van der Waals surface area contributed by atoms with Crippen LogP contribution >= 0.6 is 11.3 Å². The van der Waals surface area contributed by atoms with Gasteiger partial charge >= 0.3 is 0 Å². The van der Waals surface area contributed by atoms with Gasteiger partial charge in [-0.2, -0.15) is 0 Å². The summed E-state index contributed by atoms with van der Waals surface area (Å²) in [6.45, 7) is 8.52. The van der Waals surface area contributed by atoms with Gasteiger partial charge in [0.15, 0.2) is 0 Å². The van der Waals surface area contributed by atoms with Crippen LogP contribution in [0.25, 0.3) is 0 Å². The van der Waals surface area contributed by atoms with Gasteiger partial charge in [-0.3, -0.25) is 0 Å². The number of rotatable bonds is 1. The van der Waals surface area contributed by atoms with Crippen molar-refractivity contribution >= 4 is 11.3 Å². The van der Waals surface area contributed by atoms with Crippen LogP contribution in [-0.2, 0) is 5.41 Å². The van der Waals surface area contributed by atoms with Crippen molar-refractivity contribution in [3.63, 3.8) is 0 Å². The van der Waals surface area contributed by atoms with E-state index in [0.717, 1.165) is 5.01 Å². The van der Waals surface area contributed by atoms with Crippen molar-refractivity contribution in [2.75, 3.05) is 0 Å². The van der Waals surface area contributed by atoms with Gasteiger partial charge in [-0.1, -0.05) is 20.8 Å². The number of hydrogen-bond donors (Lipinski definition) is 1. The smallest absolute Gasteiger partial charge is 0.109 e. The Morgan fingerprint density at radius 2 is 2.08 bits per heavy atom. The van der Waals surface area contributed by atoms with Crippen LogP contribution in [0.1, 0.15) is 43.6 Å². The van der Waals surface area contributed by atoms with E-state index in [4.69, 9.17) is 5.73 Å². The highest BCUT2D eigenvalue weighted by Crippen LogP contribution is 2.29. The molecule has 2 N–H and O–H groups in total. The van der Waals surface area contributed by atoms with Gasteiger partial charge in [0, 0.05) is 11.1 Å². The lowest BCUT2D eigenvalue weighted by molar-refractivity contribution is 0.602. The minimum atomic E-state index is 0.0612. The van der Waals surface area contributed by atoms with E-state index in [1.807, 2.05) is 13.1 Å². The molecule has 1 unspecified atom stereocenters. The third-order valence-corrected chi connectivity index (χ3v) is 3.28. The van der Waals surface area contributed by atoms with Gasteiger partial charge < -0.3 is 5.73 Å². The average Bonchev–Trinajstić information content (AvgIpc) is 2.30. The molecule has 68 valence electrons. The molecule has 0 saturated heterocycles. The lowest BCUT2D eigenvalue weighted by Crippen LogP contribution is -2.08. The second-order valence-corrected chi connectivity index (χ2v) is 5.16. The molecule has 0 amide bonds. The second kappa shape index (κ2) is 3.15. The quantitative estimate of drug-likeness (QED) is 0.728. The number of nitrogens with zero attached hydrogens (tertiary/aromatic N) is 1. The van der Waals surface area contributed by atoms with Crippen molar-refractivity contribution in [2.45, 2.75) is 39.2 Å². The molecule has 0 aliphatic carbocycles. The Labute approximate surface area is 77.8 Å². The molecule has 0 aliphatic rings. The van der Waals surface area contributed by atoms with Crippen molar-refractivity contribution in [1.82, 2.24) is 4.98 Å². The molecule has 3 heteroatoms. The normalized spacial score (nSPS) is 14.8. The van der Waals surface area contributed by atoms with Gasteiger partial charge in [0.2, 0.25) is 0 Å². The molecule has 12 heavy (non-hydrogen) atoms. The summed E-state index contributed by atoms with van der Waals surface area (Å²) in [5, 5.41) is 1.03. The summed E-state index contributed by atoms with van der Waals surface area (Å²) in [7, 11) is 0. The molecule has 0 aromatic carbocycles. The summed E-state index contributed by atoms with van der Waals surface area (Å²) < 4.78 is 0. The first kappa shape index (κ1) is 9.68. The van der Waals surface area contributed by atoms with Gasteiger partial charge in [-0.05, 0) is 12.3 Å². The monoisotopic (exact) mass is 184 g/mol. The fourth-order valence-corrected chi connectivity index (χ4v) is 1.77. The average molecular weight is 184 g/mol. The van der Waals surface area contributed by atoms with Crippen molar-refractivity contribution in [3.8, 4) is 0 Å². The van der Waals surface area contributed by atoms with Gasteiger partial charge in [0.25, 0.3) is 0 Å². The molecule has 0 fully saturated rings. The van der Waals surface area contributed by atoms with Gasteiger partial charge in [0.05, 0.1) is 6.04 Å². The second-order valence-electron chi connectivity index (χ2n) is 4.10. The SMILES string of the molecule is CC(N)c1ncc(C(C)(C)C)s1. The molecular formula is C9H16N2S. The maximum absolute atomic E-state index is 5.72. The van der Waals surface area contributed by atoms with Gasteiger partial charge in [-0.25, -0.2) is 4.98 Å². The van der Waals surface area contributed by atoms with Crippen molar-refractivity contribution in [2.24, 2.45) is 5.73 Å². The minimum Gasteiger partial charge on any atom is -0.322 e. The predicted octanol–water partition coefficient (Wildman–Crippen LogP) is 2.46. The largest absolute Gasteiger partial charge is 0.322 e. The topological polar surface area (TPSA) is 38.9 Å². The number of thiazole rings is 1. The molecule has 1 atom stereocenters. The van der Waals surface area contributed by atoms with Crippen molar-refractivity contribution in [1.29, 1.82) is 0 Å². The molecule has 2 nitrogen and oxygen atoms in total. The van der Waals surface area contributed by atoms with E-state index in [1.54, 1.807) is 11.3 Å². The van der Waals surface area contributed by atoms with E-state index in [9.17, 15) is 0 Å². The Balaban J connectivity index is 2.92. The van der Waals surface area contributed by atoms with Crippen LogP contribution in [0.4, 0.5) is 0 Å². The zero-order valence-electron chi connectivity index (χ0n) is 8.09. The standard InChI is InChI=1S/C9H16N2S/c1-6(10)8-11-5-7(12-8)9(2,3)4/h5-6H,10H2,1-4H3. The summed E-state index contributed by atoms with van der Waals surface area (Å²) in [4.78, 5) is 5.58. The first-order valence-corrected chi connectivity index (χ1v) is 4.94. The van der Waals surface area contributed by atoms with Crippen molar-refractivity contribution < 1.29 is 0 Å². The highest BCUT2D eigenvalue weighted by molar-refractivity contribution is 7.11. The van der Waals surface area contributed by atoms with E-state index in [2.05, 4.69) is 25.8 Å². The van der Waals surface area contributed by atoms with Crippen LogP contribution in [-0.4, -0.2) is 4.98 Å². The lowest BCUT2D eigenvalue weighted by Gasteiger charge is -2.14. The van der Waals surface area contributed by atoms with Crippen LogP contribution in [0, 0.1) is 0 Å². The molecule has 0 bridgehead atoms. The van der Waals surface area contributed by atoms with Crippen LogP contribution in [0.3, 0.4) is 0 Å². The van der Waals surface area contributed by atoms with E-state index in [-0.39, 0.29) is 11.5 Å². The van der Waals surface area contributed by atoms with Gasteiger partial charge in [-0.15, -0.1) is 11.3 Å². The lowest BCUT2D eigenvalue weighted by atomic mass is 9.96. The molecule has 0 spiro atoms. The highest BCUT2D eigenvalue weighted by Gasteiger charge is 2.17. The molecule has 0 saturated carbocycles. The van der Waals surface area contributed by atoms with Crippen LogP contribution in [0.5, 0.6) is 0 Å². The van der Waals surface area contributed by atoms with Gasteiger partial charge in [0.1, 0.15) is 5.01 Å². The Morgan fingerprint density at radius 3 is 2.33 bits per heavy atom. The number of hydrogen-bond acceptors (Lipinski definition) is 3. The Kier molecular flexibility index (Phi) is 2.54. The first-order valence-electron chi connectivity index (χ1n) is 4.13. The summed E-state index contributed by atoms with van der Waals surface area (Å²) in [6, 6.07) is 0.0612. The Bertz CT molecular complexity index is 258. The van der Waals surface area contributed by atoms with E-state index in [1.165, 1.54) is 4.88 Å². The number of nitrogens with two attached hydrogens (primary N) is 1. The fourth-order valence-electron chi connectivity index (χ4n) is 0.845. The Hall–Kier alpha value is -0.410. The molecule has 1 rings (SSSR count). The summed E-state index contributed by atoms with van der Waals surface area (Å²) in [6.07, 6.45) is 1.93. The van der Waals surface area contributed by atoms with E-state index < -0.39 is 0 Å². The van der Waals surface area contributed by atoms with Crippen LogP contribution in [0.2, 0.25) is 0 Å². The zero-order valence-corrected chi connectivity index (χ0v) is 8.90. The first-order chi connectivity index (χ1) is 5.41. The molecular weight excluding hydrogens is 168 g/mol. The summed E-state index contributed by atoms with van der Waals surface area (Å²) in [5.74, 6) is 0. The molecule has 0 radical (unpaired) electrons. The fraction of sp³-hybridized carbons (Fsp3) is 0.667. The van der Waals surface area contributed by atoms with Crippen LogP contribution < -0.4 is 5.73 Å². The number of aromatic nitrogens is 1.